The van der Waals surface area contributed by atoms with Gasteiger partial charge in [0.2, 0.25) is 11.9 Å². The maximum atomic E-state index is 12.8. The van der Waals surface area contributed by atoms with Crippen molar-refractivity contribution in [2.24, 2.45) is 0 Å². The van der Waals surface area contributed by atoms with Crippen LogP contribution in [-0.4, -0.2) is 71.9 Å². The van der Waals surface area contributed by atoms with Crippen LogP contribution in [-0.2, 0) is 11.2 Å². The second kappa shape index (κ2) is 8.63. The van der Waals surface area contributed by atoms with Gasteiger partial charge in [-0.3, -0.25) is 9.59 Å². The highest BCUT2D eigenvalue weighted by Crippen LogP contribution is 2.35. The number of aromatic nitrogens is 2. The normalized spacial score (nSPS) is 16.1. The molecule has 1 aromatic heterocycles. The predicted molar refractivity (Wildman–Crippen MR) is 128 cm³/mol. The van der Waals surface area contributed by atoms with Gasteiger partial charge in [0.15, 0.2) is 0 Å². The van der Waals surface area contributed by atoms with Gasteiger partial charge in [0.05, 0.1) is 17.8 Å². The Morgan fingerprint density at radius 3 is 2.45 bits per heavy atom. The highest BCUT2D eigenvalue weighted by atomic mass is 16.2. The third kappa shape index (κ3) is 4.17. The van der Waals surface area contributed by atoms with Gasteiger partial charge < -0.3 is 20.0 Å². The van der Waals surface area contributed by atoms with Crippen LogP contribution in [0.5, 0.6) is 0 Å². The van der Waals surface area contributed by atoms with E-state index in [2.05, 4.69) is 22.2 Å². The number of rotatable bonds is 3. The van der Waals surface area contributed by atoms with Gasteiger partial charge in [0.25, 0.3) is 5.91 Å². The topological polar surface area (TPSA) is 81.7 Å². The third-order valence-corrected chi connectivity index (χ3v) is 6.28. The molecular weight excluding hydrogens is 416 g/mol. The minimum Gasteiger partial charge on any atom is -0.336 e. The number of likely N-dealkylation sites (N-methyl/N-ethyl adjacent to an activating group) is 2. The fourth-order valence-corrected chi connectivity index (χ4v) is 4.23. The van der Waals surface area contributed by atoms with Gasteiger partial charge in [-0.2, -0.15) is 0 Å². The van der Waals surface area contributed by atoms with Crippen LogP contribution < -0.4 is 10.2 Å². The van der Waals surface area contributed by atoms with Crippen molar-refractivity contribution in [2.45, 2.75) is 6.42 Å². The first kappa shape index (κ1) is 21.1. The molecule has 2 amide bonds. The van der Waals surface area contributed by atoms with E-state index in [1.54, 1.807) is 18.1 Å². The average Bonchev–Trinajstić information content (AvgIpc) is 2.94. The average molecular weight is 443 g/mol. The molecule has 0 bridgehead atoms. The Bertz CT molecular complexity index is 1200. The molecule has 8 heteroatoms. The highest BCUT2D eigenvalue weighted by Gasteiger charge is 2.25. The molecule has 0 atom stereocenters. The van der Waals surface area contributed by atoms with Crippen molar-refractivity contribution >= 4 is 29.1 Å². The van der Waals surface area contributed by atoms with Crippen molar-refractivity contribution in [3.05, 3.63) is 65.9 Å². The van der Waals surface area contributed by atoms with Crippen LogP contribution in [0.4, 0.5) is 17.3 Å². The van der Waals surface area contributed by atoms with Crippen molar-refractivity contribution in [3.8, 4) is 11.3 Å². The molecule has 33 heavy (non-hydrogen) atoms. The summed E-state index contributed by atoms with van der Waals surface area (Å²) in [7, 11) is 3.85. The van der Waals surface area contributed by atoms with Crippen LogP contribution >= 0.6 is 0 Å². The molecule has 0 spiro atoms. The Labute approximate surface area is 192 Å². The fraction of sp³-hybridized carbons (Fsp3) is 0.280. The summed E-state index contributed by atoms with van der Waals surface area (Å²) in [6.45, 7) is 3.28. The second-order valence-corrected chi connectivity index (χ2v) is 8.51. The maximum Gasteiger partial charge on any atom is 0.253 e. The van der Waals surface area contributed by atoms with E-state index in [4.69, 9.17) is 4.98 Å². The van der Waals surface area contributed by atoms with Gasteiger partial charge in [-0.1, -0.05) is 18.2 Å². The summed E-state index contributed by atoms with van der Waals surface area (Å²) in [6.07, 6.45) is 1.97. The van der Waals surface area contributed by atoms with Crippen LogP contribution in [0, 0.1) is 0 Å². The molecule has 2 aromatic carbocycles. The quantitative estimate of drug-likeness (QED) is 0.672. The van der Waals surface area contributed by atoms with E-state index in [0.29, 0.717) is 11.5 Å². The van der Waals surface area contributed by atoms with Gasteiger partial charge in [0.1, 0.15) is 0 Å². The van der Waals surface area contributed by atoms with Gasteiger partial charge in [-0.15, -0.1) is 0 Å². The SMILES string of the molecule is CN1CCN(C(=O)c2ccc(Nc3ncc4c(n3)-c3ccccc3N(C)C(=O)C4)cc2)CC1. The molecule has 0 aliphatic carbocycles. The Morgan fingerprint density at radius 2 is 1.70 bits per heavy atom. The monoisotopic (exact) mass is 442 g/mol. The van der Waals surface area contributed by atoms with Crippen LogP contribution in [0.1, 0.15) is 15.9 Å². The number of benzene rings is 2. The number of carbonyl (C=O) groups is 2. The molecule has 0 radical (unpaired) electrons. The summed E-state index contributed by atoms with van der Waals surface area (Å²) in [6, 6.07) is 15.1. The van der Waals surface area contributed by atoms with E-state index in [0.717, 1.165) is 54.4 Å². The minimum atomic E-state index is 0.00566. The predicted octanol–water partition coefficient (Wildman–Crippen LogP) is 2.79. The molecule has 0 unspecified atom stereocenters. The van der Waals surface area contributed by atoms with Crippen molar-refractivity contribution in [1.29, 1.82) is 0 Å². The number of carbonyl (C=O) groups excluding carboxylic acids is 2. The molecule has 1 fully saturated rings. The lowest BCUT2D eigenvalue weighted by Gasteiger charge is -2.32. The Kier molecular flexibility index (Phi) is 5.51. The van der Waals surface area contributed by atoms with Gasteiger partial charge >= 0.3 is 0 Å². The summed E-state index contributed by atoms with van der Waals surface area (Å²) in [4.78, 5) is 40.3. The summed E-state index contributed by atoms with van der Waals surface area (Å²) in [5, 5.41) is 3.23. The van der Waals surface area contributed by atoms with Crippen LogP contribution in [0.15, 0.2) is 54.7 Å². The van der Waals surface area contributed by atoms with E-state index >= 15 is 0 Å². The first-order valence-electron chi connectivity index (χ1n) is 11.1. The van der Waals surface area contributed by atoms with Gasteiger partial charge in [0, 0.05) is 61.8 Å². The van der Waals surface area contributed by atoms with Crippen molar-refractivity contribution in [3.63, 3.8) is 0 Å². The van der Waals surface area contributed by atoms with Gasteiger partial charge in [-0.05, 0) is 37.4 Å². The lowest BCUT2D eigenvalue weighted by molar-refractivity contribution is -0.117. The van der Waals surface area contributed by atoms with Crippen molar-refractivity contribution in [1.82, 2.24) is 19.8 Å². The number of nitrogens with one attached hydrogen (secondary N) is 1. The number of nitrogens with zero attached hydrogens (tertiary/aromatic N) is 5. The summed E-state index contributed by atoms with van der Waals surface area (Å²) >= 11 is 0. The molecule has 3 aromatic rings. The molecule has 0 saturated carbocycles. The third-order valence-electron chi connectivity index (χ3n) is 6.28. The summed E-state index contributed by atoms with van der Waals surface area (Å²) < 4.78 is 0. The Hall–Kier alpha value is -3.78. The number of para-hydroxylation sites is 1. The summed E-state index contributed by atoms with van der Waals surface area (Å²) in [5.41, 5.74) is 4.75. The summed E-state index contributed by atoms with van der Waals surface area (Å²) in [5.74, 6) is 0.506. The molecule has 168 valence electrons. The van der Waals surface area contributed by atoms with Crippen molar-refractivity contribution in [2.75, 3.05) is 50.5 Å². The largest absolute Gasteiger partial charge is 0.336 e. The van der Waals surface area contributed by atoms with E-state index < -0.39 is 0 Å². The molecule has 2 aliphatic rings. The van der Waals surface area contributed by atoms with Crippen LogP contribution in [0.2, 0.25) is 0 Å². The minimum absolute atomic E-state index is 0.00566. The first-order chi connectivity index (χ1) is 16.0. The standard InChI is InChI=1S/C25H26N6O2/c1-29-11-13-31(14-12-29)24(33)17-7-9-19(10-8-17)27-25-26-16-18-15-22(32)30(2)21-6-4-3-5-20(21)23(18)28-25/h3-10,16H,11-15H2,1-2H3,(H,26,27,28). The van der Waals surface area contributed by atoms with E-state index in [9.17, 15) is 9.59 Å². The van der Waals surface area contributed by atoms with Crippen molar-refractivity contribution < 1.29 is 9.59 Å². The van der Waals surface area contributed by atoms with E-state index in [-0.39, 0.29) is 18.2 Å². The zero-order valence-corrected chi connectivity index (χ0v) is 18.8. The second-order valence-electron chi connectivity index (χ2n) is 8.51. The molecular formula is C25H26N6O2. The van der Waals surface area contributed by atoms with Crippen LogP contribution in [0.3, 0.4) is 0 Å². The number of fused-ring (bicyclic) bond motifs is 3. The lowest BCUT2D eigenvalue weighted by Crippen LogP contribution is -2.47. The number of anilines is 3. The van der Waals surface area contributed by atoms with Crippen LogP contribution in [0.25, 0.3) is 11.3 Å². The maximum absolute atomic E-state index is 12.8. The molecule has 8 nitrogen and oxygen atoms in total. The first-order valence-corrected chi connectivity index (χ1v) is 11.1. The zero-order chi connectivity index (χ0) is 22.9. The Morgan fingerprint density at radius 1 is 0.970 bits per heavy atom. The number of piperazine rings is 1. The van der Waals surface area contributed by atoms with Gasteiger partial charge in [-0.25, -0.2) is 9.97 Å². The fourth-order valence-electron chi connectivity index (χ4n) is 4.23. The van der Waals surface area contributed by atoms with E-state index in [1.165, 1.54) is 0 Å². The number of amides is 2. The molecule has 1 N–H and O–H groups in total. The molecule has 3 heterocycles. The zero-order valence-electron chi connectivity index (χ0n) is 18.8. The molecule has 5 rings (SSSR count). The lowest BCUT2D eigenvalue weighted by atomic mass is 10.1. The number of hydrogen-bond acceptors (Lipinski definition) is 6. The Balaban J connectivity index is 1.37. The number of hydrogen-bond donors (Lipinski definition) is 1. The highest BCUT2D eigenvalue weighted by molar-refractivity contribution is 6.01. The molecule has 1 saturated heterocycles. The van der Waals surface area contributed by atoms with E-state index in [1.807, 2.05) is 53.4 Å². The molecule has 2 aliphatic heterocycles. The smallest absolute Gasteiger partial charge is 0.253 e.